The van der Waals surface area contributed by atoms with Gasteiger partial charge in [-0.2, -0.15) is 5.10 Å². The Labute approximate surface area is 185 Å². The number of imidazole rings is 1. The number of halogens is 2. The van der Waals surface area contributed by atoms with Crippen LogP contribution >= 0.6 is 0 Å². The van der Waals surface area contributed by atoms with Gasteiger partial charge in [-0.15, -0.1) is 0 Å². The molecule has 1 aromatic carbocycles. The lowest BCUT2D eigenvalue weighted by Gasteiger charge is -2.06. The molecule has 0 spiro atoms. The second-order valence-electron chi connectivity index (χ2n) is 7.59. The molecule has 0 unspecified atom stereocenters. The minimum Gasteiger partial charge on any atom is -0.335 e. The highest BCUT2D eigenvalue weighted by Gasteiger charge is 2.22. The molecule has 0 radical (unpaired) electrons. The number of pyridine rings is 3. The van der Waals surface area contributed by atoms with Crippen LogP contribution in [0.2, 0.25) is 0 Å². The summed E-state index contributed by atoms with van der Waals surface area (Å²) >= 11 is 0. The standard InChI is InChI=1S/C24H15F2N7/c1-12-6-8-27-10-15(12)20-19(26)18-17(11-29-20)32-33-22(18)24-30-21-14(7-9-28-23(21)31-24)13-4-2-3-5-16(13)25/h2-11H,1H3,(H,32,33)(H,28,30,31). The number of fused-ring (bicyclic) bond motifs is 2. The van der Waals surface area contributed by atoms with Gasteiger partial charge < -0.3 is 4.98 Å². The van der Waals surface area contributed by atoms with Crippen molar-refractivity contribution >= 4 is 22.1 Å². The fourth-order valence-electron chi connectivity index (χ4n) is 3.97. The van der Waals surface area contributed by atoms with Crippen molar-refractivity contribution in [1.29, 1.82) is 0 Å². The van der Waals surface area contributed by atoms with Gasteiger partial charge in [-0.25, -0.2) is 18.7 Å². The Morgan fingerprint density at radius 1 is 0.848 bits per heavy atom. The van der Waals surface area contributed by atoms with E-state index >= 15 is 4.39 Å². The summed E-state index contributed by atoms with van der Waals surface area (Å²) in [6.45, 7) is 1.87. The highest BCUT2D eigenvalue weighted by Crippen LogP contribution is 2.34. The van der Waals surface area contributed by atoms with Crippen LogP contribution in [0.15, 0.2) is 61.2 Å². The van der Waals surface area contributed by atoms with Gasteiger partial charge in [-0.1, -0.05) is 18.2 Å². The number of rotatable bonds is 3. The van der Waals surface area contributed by atoms with Crippen molar-refractivity contribution in [2.75, 3.05) is 0 Å². The first-order valence-corrected chi connectivity index (χ1v) is 10.2. The Kier molecular flexibility index (Phi) is 4.22. The number of hydrogen-bond acceptors (Lipinski definition) is 5. The van der Waals surface area contributed by atoms with Crippen molar-refractivity contribution in [3.8, 4) is 33.9 Å². The summed E-state index contributed by atoms with van der Waals surface area (Å²) in [6, 6.07) is 9.97. The van der Waals surface area contributed by atoms with Crippen LogP contribution < -0.4 is 0 Å². The van der Waals surface area contributed by atoms with Crippen LogP contribution in [0.4, 0.5) is 8.78 Å². The number of hydrogen-bond donors (Lipinski definition) is 2. The fourth-order valence-corrected chi connectivity index (χ4v) is 3.97. The first-order chi connectivity index (χ1) is 16.1. The van der Waals surface area contributed by atoms with E-state index in [1.165, 1.54) is 12.3 Å². The van der Waals surface area contributed by atoms with E-state index in [1.807, 2.05) is 6.92 Å². The molecule has 9 heteroatoms. The fraction of sp³-hybridized carbons (Fsp3) is 0.0417. The molecule has 7 nitrogen and oxygen atoms in total. The van der Waals surface area contributed by atoms with E-state index < -0.39 is 5.82 Å². The number of aromatic amines is 2. The predicted octanol–water partition coefficient (Wildman–Crippen LogP) is 5.21. The topological polar surface area (TPSA) is 96.0 Å². The molecular formula is C24H15F2N7. The molecule has 0 bridgehead atoms. The Hall–Kier alpha value is -4.53. The lowest BCUT2D eigenvalue weighted by atomic mass is 10.1. The van der Waals surface area contributed by atoms with E-state index in [0.717, 1.165) is 5.56 Å². The first-order valence-electron chi connectivity index (χ1n) is 10.2. The smallest absolute Gasteiger partial charge is 0.178 e. The predicted molar refractivity (Wildman–Crippen MR) is 120 cm³/mol. The number of nitrogens with zero attached hydrogens (tertiary/aromatic N) is 5. The van der Waals surface area contributed by atoms with Crippen LogP contribution in [0.25, 0.3) is 56.0 Å². The van der Waals surface area contributed by atoms with Gasteiger partial charge in [-0.3, -0.25) is 15.1 Å². The molecular weight excluding hydrogens is 424 g/mol. The zero-order valence-electron chi connectivity index (χ0n) is 17.3. The summed E-state index contributed by atoms with van der Waals surface area (Å²) in [5.41, 5.74) is 4.26. The molecule has 0 saturated carbocycles. The maximum Gasteiger partial charge on any atom is 0.178 e. The van der Waals surface area contributed by atoms with Crippen LogP contribution in [-0.4, -0.2) is 35.1 Å². The molecule has 2 N–H and O–H groups in total. The van der Waals surface area contributed by atoms with Gasteiger partial charge in [0.05, 0.1) is 22.6 Å². The Balaban J connectivity index is 1.57. The third kappa shape index (κ3) is 2.97. The third-order valence-corrected chi connectivity index (χ3v) is 5.62. The molecule has 0 fully saturated rings. The van der Waals surface area contributed by atoms with Crippen LogP contribution in [0.5, 0.6) is 0 Å². The monoisotopic (exact) mass is 439 g/mol. The van der Waals surface area contributed by atoms with E-state index in [9.17, 15) is 4.39 Å². The zero-order chi connectivity index (χ0) is 22.5. The number of aryl methyl sites for hydroxylation is 1. The summed E-state index contributed by atoms with van der Waals surface area (Å²) in [7, 11) is 0. The highest BCUT2D eigenvalue weighted by molar-refractivity contribution is 5.97. The number of benzene rings is 1. The zero-order valence-corrected chi connectivity index (χ0v) is 17.3. The van der Waals surface area contributed by atoms with Crippen LogP contribution in [0.3, 0.4) is 0 Å². The molecule has 0 aliphatic rings. The lowest BCUT2D eigenvalue weighted by Crippen LogP contribution is -1.94. The summed E-state index contributed by atoms with van der Waals surface area (Å²) in [5.74, 6) is -0.582. The van der Waals surface area contributed by atoms with Crippen LogP contribution in [0, 0.1) is 18.6 Å². The van der Waals surface area contributed by atoms with E-state index in [1.54, 1.807) is 48.9 Å². The van der Waals surface area contributed by atoms with E-state index in [0.29, 0.717) is 39.2 Å². The minimum atomic E-state index is -0.532. The number of H-pyrrole nitrogens is 2. The van der Waals surface area contributed by atoms with E-state index in [4.69, 9.17) is 0 Å². The summed E-state index contributed by atoms with van der Waals surface area (Å²) < 4.78 is 30.2. The van der Waals surface area contributed by atoms with Gasteiger partial charge in [0, 0.05) is 35.3 Å². The average Bonchev–Trinajstić information content (AvgIpc) is 3.45. The lowest BCUT2D eigenvalue weighted by molar-refractivity contribution is 0.631. The number of aromatic nitrogens is 7. The quantitative estimate of drug-likeness (QED) is 0.395. The Morgan fingerprint density at radius 3 is 2.58 bits per heavy atom. The van der Waals surface area contributed by atoms with Gasteiger partial charge in [0.2, 0.25) is 0 Å². The molecule has 0 aliphatic heterocycles. The SMILES string of the molecule is Cc1ccncc1-c1ncc2[nH]nc(-c3nc4nccc(-c5ccccc5F)c4[nH]3)c2c1F. The van der Waals surface area contributed by atoms with Crippen molar-refractivity contribution in [3.63, 3.8) is 0 Å². The third-order valence-electron chi connectivity index (χ3n) is 5.62. The molecule has 5 heterocycles. The van der Waals surface area contributed by atoms with Gasteiger partial charge >= 0.3 is 0 Å². The Bertz CT molecular complexity index is 1670. The highest BCUT2D eigenvalue weighted by atomic mass is 19.1. The summed E-state index contributed by atoms with van der Waals surface area (Å²) in [5, 5.41) is 7.34. The molecule has 0 atom stereocenters. The molecule has 0 aliphatic carbocycles. The maximum atomic E-state index is 15.7. The first kappa shape index (κ1) is 19.2. The number of nitrogens with one attached hydrogen (secondary N) is 2. The summed E-state index contributed by atoms with van der Waals surface area (Å²) in [4.78, 5) is 20.3. The van der Waals surface area contributed by atoms with Gasteiger partial charge in [0.1, 0.15) is 17.2 Å². The largest absolute Gasteiger partial charge is 0.335 e. The van der Waals surface area contributed by atoms with Gasteiger partial charge in [0.25, 0.3) is 0 Å². The minimum absolute atomic E-state index is 0.178. The van der Waals surface area contributed by atoms with Gasteiger partial charge in [0.15, 0.2) is 17.3 Å². The van der Waals surface area contributed by atoms with Crippen molar-refractivity contribution in [2.45, 2.75) is 6.92 Å². The normalized spacial score (nSPS) is 11.5. The second-order valence-corrected chi connectivity index (χ2v) is 7.59. The van der Waals surface area contributed by atoms with E-state index in [2.05, 4.69) is 35.1 Å². The van der Waals surface area contributed by atoms with E-state index in [-0.39, 0.29) is 22.6 Å². The van der Waals surface area contributed by atoms with Crippen molar-refractivity contribution in [2.24, 2.45) is 0 Å². The molecule has 0 saturated heterocycles. The molecule has 0 amide bonds. The average molecular weight is 439 g/mol. The Morgan fingerprint density at radius 2 is 1.73 bits per heavy atom. The molecule has 6 aromatic rings. The van der Waals surface area contributed by atoms with Gasteiger partial charge in [-0.05, 0) is 30.7 Å². The molecule has 6 rings (SSSR count). The van der Waals surface area contributed by atoms with Crippen molar-refractivity contribution < 1.29 is 8.78 Å². The van der Waals surface area contributed by atoms with Crippen LogP contribution in [-0.2, 0) is 0 Å². The second kappa shape index (κ2) is 7.27. The maximum absolute atomic E-state index is 15.7. The molecule has 5 aromatic heterocycles. The van der Waals surface area contributed by atoms with Crippen molar-refractivity contribution in [1.82, 2.24) is 35.1 Å². The molecule has 33 heavy (non-hydrogen) atoms. The summed E-state index contributed by atoms with van der Waals surface area (Å²) in [6.07, 6.45) is 6.32. The van der Waals surface area contributed by atoms with Crippen LogP contribution in [0.1, 0.15) is 5.56 Å². The molecule has 160 valence electrons. The van der Waals surface area contributed by atoms with Crippen molar-refractivity contribution in [3.05, 3.63) is 78.4 Å².